The van der Waals surface area contributed by atoms with E-state index >= 15 is 0 Å². The molecular formula is C24H26ClNO4S. The molecule has 7 heteroatoms. The largest absolute Gasteiger partial charge is 0.487 e. The van der Waals surface area contributed by atoms with E-state index in [-0.39, 0.29) is 5.97 Å². The number of carbonyl (C=O) groups is 1. The third-order valence-electron chi connectivity index (χ3n) is 4.83. The number of esters is 1. The Morgan fingerprint density at radius 3 is 2.58 bits per heavy atom. The predicted octanol–water partition coefficient (Wildman–Crippen LogP) is 5.73. The molecule has 0 saturated carbocycles. The lowest BCUT2D eigenvalue weighted by molar-refractivity contribution is -0.153. The SMILES string of the molecule is CCO[C@@H](Cc1ccc(OCc2csc(-c3ccc(Cl)cc3)n2)cc1CC)C(=O)OC. The van der Waals surface area contributed by atoms with Gasteiger partial charge >= 0.3 is 5.97 Å². The van der Waals surface area contributed by atoms with Crippen LogP contribution < -0.4 is 4.74 Å². The summed E-state index contributed by atoms with van der Waals surface area (Å²) in [4.78, 5) is 16.6. The van der Waals surface area contributed by atoms with Crippen molar-refractivity contribution in [1.29, 1.82) is 0 Å². The molecule has 0 bridgehead atoms. The summed E-state index contributed by atoms with van der Waals surface area (Å²) >= 11 is 7.54. The van der Waals surface area contributed by atoms with Crippen molar-refractivity contribution in [3.05, 3.63) is 69.7 Å². The van der Waals surface area contributed by atoms with Crippen LogP contribution in [0.3, 0.4) is 0 Å². The fourth-order valence-corrected chi connectivity index (χ4v) is 4.16. The first kappa shape index (κ1) is 23.3. The van der Waals surface area contributed by atoms with E-state index in [4.69, 9.17) is 25.8 Å². The quantitative estimate of drug-likeness (QED) is 0.362. The number of ether oxygens (including phenoxy) is 3. The van der Waals surface area contributed by atoms with Crippen molar-refractivity contribution in [2.24, 2.45) is 0 Å². The van der Waals surface area contributed by atoms with Crippen LogP contribution >= 0.6 is 22.9 Å². The monoisotopic (exact) mass is 459 g/mol. The maximum atomic E-state index is 12.0. The van der Waals surface area contributed by atoms with Gasteiger partial charge in [-0.2, -0.15) is 0 Å². The van der Waals surface area contributed by atoms with Crippen molar-refractivity contribution in [2.75, 3.05) is 13.7 Å². The van der Waals surface area contributed by atoms with Crippen molar-refractivity contribution >= 4 is 28.9 Å². The fraction of sp³-hybridized carbons (Fsp3) is 0.333. The molecular weight excluding hydrogens is 434 g/mol. The molecule has 1 heterocycles. The highest BCUT2D eigenvalue weighted by Crippen LogP contribution is 2.26. The summed E-state index contributed by atoms with van der Waals surface area (Å²) in [6.07, 6.45) is 0.693. The van der Waals surface area contributed by atoms with Gasteiger partial charge in [-0.15, -0.1) is 11.3 Å². The lowest BCUT2D eigenvalue weighted by atomic mass is 9.99. The average molecular weight is 460 g/mol. The number of nitrogens with zero attached hydrogens (tertiary/aromatic N) is 1. The third-order valence-corrected chi connectivity index (χ3v) is 6.02. The number of aryl methyl sites for hydroxylation is 1. The molecule has 31 heavy (non-hydrogen) atoms. The van der Waals surface area contributed by atoms with Crippen molar-refractivity contribution in [1.82, 2.24) is 4.98 Å². The van der Waals surface area contributed by atoms with Crippen LogP contribution in [-0.2, 0) is 33.7 Å². The molecule has 0 aliphatic carbocycles. The molecule has 3 rings (SSSR count). The first-order chi connectivity index (χ1) is 15.0. The van der Waals surface area contributed by atoms with E-state index in [1.165, 1.54) is 7.11 Å². The minimum Gasteiger partial charge on any atom is -0.487 e. The number of thiazole rings is 1. The first-order valence-electron chi connectivity index (χ1n) is 10.2. The molecule has 164 valence electrons. The summed E-state index contributed by atoms with van der Waals surface area (Å²) in [5.41, 5.74) is 4.08. The Balaban J connectivity index is 1.66. The van der Waals surface area contributed by atoms with E-state index in [2.05, 4.69) is 11.9 Å². The molecule has 0 aliphatic rings. The molecule has 1 aromatic heterocycles. The molecule has 3 aromatic rings. The number of methoxy groups -OCH3 is 1. The number of aromatic nitrogens is 1. The molecule has 1 atom stereocenters. The number of halogens is 1. The van der Waals surface area contributed by atoms with Gasteiger partial charge in [0.25, 0.3) is 0 Å². The van der Waals surface area contributed by atoms with Gasteiger partial charge < -0.3 is 14.2 Å². The molecule has 0 radical (unpaired) electrons. The van der Waals surface area contributed by atoms with E-state index < -0.39 is 6.10 Å². The lowest BCUT2D eigenvalue weighted by Gasteiger charge is -2.17. The predicted molar refractivity (Wildman–Crippen MR) is 124 cm³/mol. The number of benzene rings is 2. The molecule has 2 aromatic carbocycles. The number of hydrogen-bond acceptors (Lipinski definition) is 6. The minimum absolute atomic E-state index is 0.357. The summed E-state index contributed by atoms with van der Waals surface area (Å²) in [6.45, 7) is 4.78. The van der Waals surface area contributed by atoms with Crippen molar-refractivity contribution in [3.63, 3.8) is 0 Å². The van der Waals surface area contributed by atoms with Crippen LogP contribution in [0.1, 0.15) is 30.7 Å². The second-order valence-corrected chi connectivity index (χ2v) is 8.19. The Labute approximate surface area is 191 Å². The van der Waals surface area contributed by atoms with E-state index in [9.17, 15) is 4.79 Å². The third kappa shape index (κ3) is 6.29. The average Bonchev–Trinajstić information content (AvgIpc) is 3.27. The minimum atomic E-state index is -0.603. The molecule has 5 nitrogen and oxygen atoms in total. The van der Waals surface area contributed by atoms with Crippen LogP contribution in [-0.4, -0.2) is 30.8 Å². The van der Waals surface area contributed by atoms with Gasteiger partial charge in [-0.1, -0.05) is 36.7 Å². The molecule has 0 saturated heterocycles. The van der Waals surface area contributed by atoms with Gasteiger partial charge in [-0.05, 0) is 48.7 Å². The lowest BCUT2D eigenvalue weighted by Crippen LogP contribution is -2.28. The van der Waals surface area contributed by atoms with Gasteiger partial charge in [0.15, 0.2) is 6.10 Å². The summed E-state index contributed by atoms with van der Waals surface area (Å²) in [5, 5.41) is 3.64. The zero-order valence-corrected chi connectivity index (χ0v) is 19.5. The van der Waals surface area contributed by atoms with Gasteiger partial charge in [0.1, 0.15) is 17.4 Å². The molecule has 0 aliphatic heterocycles. The van der Waals surface area contributed by atoms with Crippen molar-refractivity contribution < 1.29 is 19.0 Å². The van der Waals surface area contributed by atoms with Crippen molar-refractivity contribution in [2.45, 2.75) is 39.4 Å². The molecule has 0 spiro atoms. The van der Waals surface area contributed by atoms with Crippen LogP contribution in [0.2, 0.25) is 5.02 Å². The van der Waals surface area contributed by atoms with Gasteiger partial charge in [-0.25, -0.2) is 9.78 Å². The second kappa shape index (κ2) is 11.3. The summed E-state index contributed by atoms with van der Waals surface area (Å²) in [7, 11) is 1.38. The topological polar surface area (TPSA) is 57.7 Å². The van der Waals surface area contributed by atoms with E-state index in [1.54, 1.807) is 11.3 Å². The van der Waals surface area contributed by atoms with Gasteiger partial charge in [-0.3, -0.25) is 0 Å². The Morgan fingerprint density at radius 2 is 1.90 bits per heavy atom. The smallest absolute Gasteiger partial charge is 0.335 e. The number of rotatable bonds is 10. The van der Waals surface area contributed by atoms with Crippen LogP contribution in [0.25, 0.3) is 10.6 Å². The maximum Gasteiger partial charge on any atom is 0.335 e. The summed E-state index contributed by atoms with van der Waals surface area (Å²) in [6, 6.07) is 13.6. The van der Waals surface area contributed by atoms with Crippen LogP contribution in [0.5, 0.6) is 5.75 Å². The normalized spacial score (nSPS) is 11.9. The first-order valence-corrected chi connectivity index (χ1v) is 11.4. The van der Waals surface area contributed by atoms with Crippen LogP contribution in [0.15, 0.2) is 47.8 Å². The summed E-state index contributed by atoms with van der Waals surface area (Å²) in [5.74, 6) is 0.414. The maximum absolute atomic E-state index is 12.0. The number of hydrogen-bond donors (Lipinski definition) is 0. The Morgan fingerprint density at radius 1 is 1.13 bits per heavy atom. The summed E-state index contributed by atoms with van der Waals surface area (Å²) < 4.78 is 16.4. The molecule has 0 unspecified atom stereocenters. The van der Waals surface area contributed by atoms with Gasteiger partial charge in [0.05, 0.1) is 12.8 Å². The Bertz CT molecular complexity index is 1000. The van der Waals surface area contributed by atoms with Crippen LogP contribution in [0.4, 0.5) is 0 Å². The highest BCUT2D eigenvalue weighted by atomic mass is 35.5. The highest BCUT2D eigenvalue weighted by Gasteiger charge is 2.21. The van der Waals surface area contributed by atoms with Gasteiger partial charge in [0.2, 0.25) is 0 Å². The Hall–Kier alpha value is -2.41. The molecule has 0 amide bonds. The molecule has 0 N–H and O–H groups in total. The second-order valence-electron chi connectivity index (χ2n) is 6.89. The van der Waals surface area contributed by atoms with E-state index in [1.807, 2.05) is 54.8 Å². The Kier molecular flexibility index (Phi) is 8.46. The van der Waals surface area contributed by atoms with E-state index in [0.29, 0.717) is 24.7 Å². The zero-order chi connectivity index (χ0) is 22.2. The number of carbonyl (C=O) groups excluding carboxylic acids is 1. The van der Waals surface area contributed by atoms with E-state index in [0.717, 1.165) is 39.6 Å². The molecule has 0 fully saturated rings. The highest BCUT2D eigenvalue weighted by molar-refractivity contribution is 7.13. The van der Waals surface area contributed by atoms with Gasteiger partial charge in [0, 0.05) is 29.0 Å². The van der Waals surface area contributed by atoms with Crippen molar-refractivity contribution in [3.8, 4) is 16.3 Å². The van der Waals surface area contributed by atoms with Crippen LogP contribution in [0, 0.1) is 0 Å². The standard InChI is InChI=1S/C24H26ClNO4S/c1-4-16-12-21(11-8-18(16)13-22(29-5-2)24(27)28-3)30-14-20-15-31-23(26-20)17-6-9-19(25)10-7-17/h6-12,15,22H,4-5,13-14H2,1-3H3/t22-/m0/s1. The fourth-order valence-electron chi connectivity index (χ4n) is 3.22. The zero-order valence-electron chi connectivity index (χ0n) is 17.9.